The lowest BCUT2D eigenvalue weighted by molar-refractivity contribution is -0.157. The number of anilines is 1. The van der Waals surface area contributed by atoms with E-state index in [1.54, 1.807) is 12.1 Å². The zero-order valence-corrected chi connectivity index (χ0v) is 31.4. The first-order valence-electron chi connectivity index (χ1n) is 17.4. The second-order valence-electron chi connectivity index (χ2n) is 13.8. The summed E-state index contributed by atoms with van der Waals surface area (Å²) in [5, 5.41) is 18.2. The number of nitrogens with one attached hydrogen (secondary N) is 2. The maximum absolute atomic E-state index is 15.2. The van der Waals surface area contributed by atoms with Crippen LogP contribution in [-0.4, -0.2) is 99.1 Å². The fourth-order valence-electron chi connectivity index (χ4n) is 5.66. The Morgan fingerprint density at radius 1 is 1.21 bits per heavy atom. The number of rotatable bonds is 19. The molecular formula is C36H48F2N4O8S2. The van der Waals surface area contributed by atoms with Crippen LogP contribution < -0.4 is 15.4 Å². The van der Waals surface area contributed by atoms with Gasteiger partial charge < -0.3 is 34.7 Å². The lowest BCUT2D eigenvalue weighted by Gasteiger charge is -2.32. The number of nitrogens with zero attached hydrogens (tertiary/aromatic N) is 2. The van der Waals surface area contributed by atoms with E-state index in [4.69, 9.17) is 18.9 Å². The van der Waals surface area contributed by atoms with Gasteiger partial charge in [0.2, 0.25) is 10.0 Å². The van der Waals surface area contributed by atoms with Crippen LogP contribution in [-0.2, 0) is 30.7 Å². The van der Waals surface area contributed by atoms with Crippen molar-refractivity contribution in [2.45, 2.75) is 93.8 Å². The van der Waals surface area contributed by atoms with Gasteiger partial charge in [0.25, 0.3) is 0 Å². The molecule has 3 atom stereocenters. The summed E-state index contributed by atoms with van der Waals surface area (Å²) < 4.78 is 81.1. The number of methoxy groups -OCH3 is 1. The van der Waals surface area contributed by atoms with Gasteiger partial charge in [-0.3, -0.25) is 0 Å². The van der Waals surface area contributed by atoms with Crippen molar-refractivity contribution in [3.05, 3.63) is 59.9 Å². The fraction of sp³-hybridized carbons (Fsp3) is 0.556. The minimum Gasteiger partial charge on any atom is -0.494 e. The second kappa shape index (κ2) is 17.6. The third-order valence-electron chi connectivity index (χ3n) is 8.59. The van der Waals surface area contributed by atoms with Gasteiger partial charge in [-0.15, -0.1) is 0 Å². The first-order chi connectivity index (χ1) is 24.7. The topological polar surface area (TPSA) is 149 Å². The highest BCUT2D eigenvalue weighted by Crippen LogP contribution is 2.33. The molecule has 52 heavy (non-hydrogen) atoms. The van der Waals surface area contributed by atoms with Crippen molar-refractivity contribution in [1.29, 1.82) is 0 Å². The summed E-state index contributed by atoms with van der Waals surface area (Å²) in [6, 6.07) is 7.83. The maximum Gasteiger partial charge on any atom is 0.407 e. The zero-order valence-electron chi connectivity index (χ0n) is 29.7. The number of aromatic nitrogens is 1. The lowest BCUT2D eigenvalue weighted by Crippen LogP contribution is -2.52. The number of sulfonamides is 1. The Hall–Kier alpha value is -3.41. The Balaban J connectivity index is 1.29. The average molecular weight is 767 g/mol. The predicted octanol–water partition coefficient (Wildman–Crippen LogP) is 5.95. The van der Waals surface area contributed by atoms with Crippen molar-refractivity contribution in [3.63, 3.8) is 0 Å². The number of hydrogen-bond acceptors (Lipinski definition) is 11. The smallest absolute Gasteiger partial charge is 0.407 e. The molecule has 0 radical (unpaired) electrons. The van der Waals surface area contributed by atoms with Gasteiger partial charge in [0.05, 0.1) is 47.6 Å². The molecule has 1 saturated heterocycles. The highest BCUT2D eigenvalue weighted by atomic mass is 32.2. The number of amides is 1. The van der Waals surface area contributed by atoms with Crippen LogP contribution in [0.5, 0.6) is 5.75 Å². The average Bonchev–Trinajstić information content (AvgIpc) is 3.81. The van der Waals surface area contributed by atoms with Crippen LogP contribution in [0.3, 0.4) is 0 Å². The molecule has 1 aromatic heterocycles. The van der Waals surface area contributed by atoms with Gasteiger partial charge in [-0.05, 0) is 93.8 Å². The maximum atomic E-state index is 15.2. The van der Waals surface area contributed by atoms with Crippen molar-refractivity contribution in [2.24, 2.45) is 0 Å². The van der Waals surface area contributed by atoms with Crippen LogP contribution >= 0.6 is 11.3 Å². The van der Waals surface area contributed by atoms with E-state index in [9.17, 15) is 22.7 Å². The number of alkyl halides is 1. The summed E-state index contributed by atoms with van der Waals surface area (Å²) in [5.41, 5.74) is -0.300. The van der Waals surface area contributed by atoms with E-state index in [2.05, 4.69) is 22.2 Å². The summed E-state index contributed by atoms with van der Waals surface area (Å²) in [6.45, 7) is 6.09. The molecule has 286 valence electrons. The van der Waals surface area contributed by atoms with E-state index in [-0.39, 0.29) is 36.6 Å². The van der Waals surface area contributed by atoms with E-state index < -0.39 is 52.8 Å². The Morgan fingerprint density at radius 2 is 2.00 bits per heavy atom. The molecule has 2 aromatic carbocycles. The third-order valence-corrected chi connectivity index (χ3v) is 11.3. The molecular weight excluding hydrogens is 719 g/mol. The molecule has 2 fully saturated rings. The van der Waals surface area contributed by atoms with Gasteiger partial charge in [-0.25, -0.2) is 27.0 Å². The van der Waals surface area contributed by atoms with E-state index >= 15 is 4.39 Å². The van der Waals surface area contributed by atoms with E-state index in [1.807, 2.05) is 0 Å². The quantitative estimate of drug-likeness (QED) is 0.125. The zero-order chi connectivity index (χ0) is 37.5. The summed E-state index contributed by atoms with van der Waals surface area (Å²) in [6.07, 6.45) is 2.35. The van der Waals surface area contributed by atoms with E-state index in [0.717, 1.165) is 36.4 Å². The molecule has 1 amide bonds. The molecule has 0 spiro atoms. The summed E-state index contributed by atoms with van der Waals surface area (Å²) in [5.74, 6) is -0.657. The van der Waals surface area contributed by atoms with E-state index in [0.29, 0.717) is 45.6 Å². The number of carbonyl (C=O) groups is 1. The van der Waals surface area contributed by atoms with Crippen molar-refractivity contribution >= 4 is 42.8 Å². The van der Waals surface area contributed by atoms with Crippen LogP contribution in [0.4, 0.5) is 18.7 Å². The Bertz CT molecular complexity index is 1790. The molecule has 5 rings (SSSR count). The number of halogens is 2. The largest absolute Gasteiger partial charge is 0.494 e. The molecule has 3 aromatic rings. The Kier molecular flexibility index (Phi) is 13.5. The number of benzene rings is 2. The fourth-order valence-corrected chi connectivity index (χ4v) is 8.35. The molecule has 12 nitrogen and oxygen atoms in total. The second-order valence-corrected chi connectivity index (χ2v) is 16.8. The van der Waals surface area contributed by atoms with Gasteiger partial charge in [0.15, 0.2) is 23.0 Å². The first-order valence-corrected chi connectivity index (χ1v) is 19.7. The highest BCUT2D eigenvalue weighted by molar-refractivity contribution is 7.89. The highest BCUT2D eigenvalue weighted by Gasteiger charge is 2.35. The number of fused-ring (bicyclic) bond motifs is 1. The minimum atomic E-state index is -4.37. The van der Waals surface area contributed by atoms with Crippen LogP contribution in [0, 0.1) is 5.82 Å². The van der Waals surface area contributed by atoms with Crippen LogP contribution in [0.1, 0.15) is 57.9 Å². The van der Waals surface area contributed by atoms with Crippen LogP contribution in [0.15, 0.2) is 53.4 Å². The number of alkyl carbamates (subject to hydrolysis) is 1. The standard InChI is InChI=1S/C36H48F2N4O8S2/c1-23(21-50-33-7-5-6-15-48-33)14-16-49-35(44)41-29(18-24-8-13-31(47-4)27(37)17-24)30(43)20-42(22-36(2,3)38)52(45,46)26-11-12-28-32(19-26)51-34(40-28)39-25-9-10-25/h8,11-13,17,19,25,29-30,33,43H,1,5-7,9-10,14-16,18,20-22H2,2-4H3,(H,39,40)(H,41,44)/t29-,30+,33-/m0/s1. The molecule has 1 saturated carbocycles. The van der Waals surface area contributed by atoms with E-state index in [1.165, 1.54) is 56.6 Å². The Morgan fingerprint density at radius 3 is 2.67 bits per heavy atom. The molecule has 0 bridgehead atoms. The minimum absolute atomic E-state index is 0.00303. The van der Waals surface area contributed by atoms with Crippen molar-refractivity contribution < 1.29 is 46.0 Å². The number of aliphatic hydroxyl groups excluding tert-OH is 1. The molecule has 1 aliphatic heterocycles. The SMILES string of the molecule is C=C(CCOC(=O)N[C@@H](Cc1ccc(OC)c(F)c1)[C@H](O)CN(CC(C)(C)F)S(=O)(=O)c1ccc2nc(NC3CC3)sc2c1)CO[C@H]1CCCCO1. The van der Waals surface area contributed by atoms with Crippen LogP contribution in [0.2, 0.25) is 0 Å². The number of carbonyl (C=O) groups excluding carboxylic acids is 1. The van der Waals surface area contributed by atoms with Crippen molar-refractivity contribution in [2.75, 3.05) is 45.3 Å². The summed E-state index contributed by atoms with van der Waals surface area (Å²) >= 11 is 1.32. The molecule has 0 unspecified atom stereocenters. The van der Waals surface area contributed by atoms with Gasteiger partial charge >= 0.3 is 6.09 Å². The first kappa shape index (κ1) is 39.8. The predicted molar refractivity (Wildman–Crippen MR) is 194 cm³/mol. The molecule has 2 aliphatic rings. The number of thiazole rings is 1. The van der Waals surface area contributed by atoms with Gasteiger partial charge in [0, 0.05) is 32.2 Å². The molecule has 2 heterocycles. The third kappa shape index (κ3) is 11.5. The van der Waals surface area contributed by atoms with Gasteiger partial charge in [0.1, 0.15) is 5.67 Å². The monoisotopic (exact) mass is 766 g/mol. The van der Waals surface area contributed by atoms with Gasteiger partial charge in [-0.2, -0.15) is 4.31 Å². The number of aliphatic hydroxyl groups is 1. The van der Waals surface area contributed by atoms with Crippen LogP contribution in [0.25, 0.3) is 10.2 Å². The van der Waals surface area contributed by atoms with Crippen molar-refractivity contribution in [3.8, 4) is 5.75 Å². The Labute approximate surface area is 307 Å². The normalized spacial score (nSPS) is 17.9. The molecule has 16 heteroatoms. The number of hydrogen-bond donors (Lipinski definition) is 3. The molecule has 3 N–H and O–H groups in total. The van der Waals surface area contributed by atoms with Crippen molar-refractivity contribution in [1.82, 2.24) is 14.6 Å². The lowest BCUT2D eigenvalue weighted by atomic mass is 10.0. The molecule has 1 aliphatic carbocycles. The summed E-state index contributed by atoms with van der Waals surface area (Å²) in [4.78, 5) is 17.4. The summed E-state index contributed by atoms with van der Waals surface area (Å²) in [7, 11) is -3.05. The van der Waals surface area contributed by atoms with Gasteiger partial charge in [-0.1, -0.05) is 24.0 Å². The number of ether oxygens (including phenoxy) is 4.